The number of nitrogens with zero attached hydrogens (tertiary/aromatic N) is 3. The van der Waals surface area contributed by atoms with E-state index >= 15 is 0 Å². The number of hydrazone groups is 1. The minimum absolute atomic E-state index is 0.0244. The van der Waals surface area contributed by atoms with Crippen LogP contribution < -0.4 is 5.01 Å². The minimum Gasteiger partial charge on any atom is -0.505 e. The predicted octanol–water partition coefficient (Wildman–Crippen LogP) is 3.76. The highest BCUT2D eigenvalue weighted by atomic mass is 16.3. The van der Waals surface area contributed by atoms with Crippen LogP contribution in [0.1, 0.15) is 16.8 Å². The van der Waals surface area contributed by atoms with E-state index in [4.69, 9.17) is 0 Å². The normalized spacial score (nSPS) is 11.0. The van der Waals surface area contributed by atoms with E-state index < -0.39 is 0 Å². The molecule has 0 aliphatic carbocycles. The summed E-state index contributed by atoms with van der Waals surface area (Å²) in [5.41, 5.74) is 3.26. The number of anilines is 2. The molecule has 0 saturated heterocycles. The molecule has 126 valence electrons. The fraction of sp³-hybridized carbons (Fsp3) is 0.100. The molecule has 0 bridgehead atoms. The lowest BCUT2D eigenvalue weighted by atomic mass is 10.1. The van der Waals surface area contributed by atoms with Crippen LogP contribution in [0.4, 0.5) is 11.4 Å². The van der Waals surface area contributed by atoms with Crippen molar-refractivity contribution in [2.75, 3.05) is 5.01 Å². The van der Waals surface area contributed by atoms with Gasteiger partial charge < -0.3 is 10.2 Å². The first-order valence-electron chi connectivity index (χ1n) is 7.93. The van der Waals surface area contributed by atoms with Gasteiger partial charge in [0.05, 0.1) is 29.9 Å². The number of pyridine rings is 1. The van der Waals surface area contributed by atoms with Gasteiger partial charge in [-0.3, -0.25) is 4.98 Å². The fourth-order valence-corrected chi connectivity index (χ4v) is 2.46. The van der Waals surface area contributed by atoms with E-state index in [1.54, 1.807) is 24.3 Å². The lowest BCUT2D eigenvalue weighted by molar-refractivity contribution is 0.280. The van der Waals surface area contributed by atoms with Crippen LogP contribution in [-0.4, -0.2) is 21.4 Å². The zero-order valence-electron chi connectivity index (χ0n) is 13.9. The summed E-state index contributed by atoms with van der Waals surface area (Å²) in [6, 6.07) is 19.5. The zero-order chi connectivity index (χ0) is 17.6. The molecule has 0 aliphatic rings. The van der Waals surface area contributed by atoms with Crippen molar-refractivity contribution < 1.29 is 10.2 Å². The maximum atomic E-state index is 10.3. The van der Waals surface area contributed by atoms with Gasteiger partial charge in [0.15, 0.2) is 0 Å². The van der Waals surface area contributed by atoms with E-state index in [2.05, 4.69) is 10.1 Å². The molecule has 0 unspecified atom stereocenters. The van der Waals surface area contributed by atoms with Crippen LogP contribution in [0.25, 0.3) is 0 Å². The molecule has 5 nitrogen and oxygen atoms in total. The van der Waals surface area contributed by atoms with Crippen molar-refractivity contribution >= 4 is 17.6 Å². The highest BCUT2D eigenvalue weighted by molar-refractivity contribution is 5.87. The molecule has 25 heavy (non-hydrogen) atoms. The number of hydrogen-bond acceptors (Lipinski definition) is 5. The van der Waals surface area contributed by atoms with Gasteiger partial charge in [0, 0.05) is 17.3 Å². The summed E-state index contributed by atoms with van der Waals surface area (Å²) >= 11 is 0. The maximum Gasteiger partial charge on any atom is 0.145 e. The van der Waals surface area contributed by atoms with Crippen molar-refractivity contribution in [1.29, 1.82) is 0 Å². The second-order valence-corrected chi connectivity index (χ2v) is 5.52. The number of hydrogen-bond donors (Lipinski definition) is 2. The Kier molecular flexibility index (Phi) is 5.06. The monoisotopic (exact) mass is 333 g/mol. The van der Waals surface area contributed by atoms with Gasteiger partial charge in [-0.05, 0) is 31.2 Å². The smallest absolute Gasteiger partial charge is 0.145 e. The molecule has 1 aromatic heterocycles. The minimum atomic E-state index is -0.223. The van der Waals surface area contributed by atoms with Crippen molar-refractivity contribution in [1.82, 2.24) is 4.98 Å². The Labute approximate surface area is 146 Å². The van der Waals surface area contributed by atoms with Crippen LogP contribution in [0.3, 0.4) is 0 Å². The number of para-hydroxylation sites is 2. The topological polar surface area (TPSA) is 69.0 Å². The summed E-state index contributed by atoms with van der Waals surface area (Å²) in [4.78, 5) is 4.07. The summed E-state index contributed by atoms with van der Waals surface area (Å²) in [5, 5.41) is 26.1. The Morgan fingerprint density at radius 1 is 1.00 bits per heavy atom. The number of rotatable bonds is 5. The van der Waals surface area contributed by atoms with Gasteiger partial charge in [-0.2, -0.15) is 5.10 Å². The number of aliphatic hydroxyl groups is 1. The van der Waals surface area contributed by atoms with Crippen LogP contribution in [0.15, 0.2) is 72.0 Å². The van der Waals surface area contributed by atoms with Gasteiger partial charge in [-0.1, -0.05) is 36.4 Å². The molecule has 0 aliphatic heterocycles. The van der Waals surface area contributed by atoms with Gasteiger partial charge in [0.25, 0.3) is 0 Å². The van der Waals surface area contributed by atoms with Crippen LogP contribution in [0, 0.1) is 6.92 Å². The second kappa shape index (κ2) is 7.59. The zero-order valence-corrected chi connectivity index (χ0v) is 13.9. The Bertz CT molecular complexity index is 825. The molecule has 1 heterocycles. The third-order valence-electron chi connectivity index (χ3n) is 3.83. The summed E-state index contributed by atoms with van der Waals surface area (Å²) in [6.45, 7) is 1.48. The number of aliphatic hydroxyl groups excluding tert-OH is 1. The predicted molar refractivity (Wildman–Crippen MR) is 99.2 cm³/mol. The third kappa shape index (κ3) is 3.67. The highest BCUT2D eigenvalue weighted by Gasteiger charge is 2.11. The number of aromatic hydroxyl groups is 1. The molecular formula is C20H19N3O2. The van der Waals surface area contributed by atoms with Crippen molar-refractivity contribution in [3.05, 3.63) is 83.7 Å². The standard InChI is InChI=1S/C20H19N3O2/c1-15-20(25)19(16(14-24)12-21-15)13-22-23(17-8-4-2-5-9-17)18-10-6-3-7-11-18/h2-13,24-25H,14H2,1H3/b22-13+. The van der Waals surface area contributed by atoms with Gasteiger partial charge in [-0.25, -0.2) is 5.01 Å². The highest BCUT2D eigenvalue weighted by Crippen LogP contribution is 2.27. The van der Waals surface area contributed by atoms with Gasteiger partial charge in [-0.15, -0.1) is 0 Å². The van der Waals surface area contributed by atoms with Crippen molar-refractivity contribution in [2.24, 2.45) is 5.10 Å². The molecule has 0 saturated carbocycles. The molecule has 2 N–H and O–H groups in total. The van der Waals surface area contributed by atoms with Crippen LogP contribution in [0.5, 0.6) is 5.75 Å². The van der Waals surface area contributed by atoms with Gasteiger partial charge >= 0.3 is 0 Å². The average Bonchev–Trinajstić information content (AvgIpc) is 2.67. The second-order valence-electron chi connectivity index (χ2n) is 5.52. The van der Waals surface area contributed by atoms with Crippen LogP contribution >= 0.6 is 0 Å². The molecular weight excluding hydrogens is 314 g/mol. The molecule has 3 aromatic rings. The fourth-order valence-electron chi connectivity index (χ4n) is 2.46. The number of benzene rings is 2. The largest absolute Gasteiger partial charge is 0.505 e. The molecule has 2 aromatic carbocycles. The summed E-state index contributed by atoms with van der Waals surface area (Å²) in [7, 11) is 0. The lowest BCUT2D eigenvalue weighted by Crippen LogP contribution is -2.10. The quantitative estimate of drug-likeness (QED) is 0.551. The Hall–Kier alpha value is -3.18. The Balaban J connectivity index is 2.05. The van der Waals surface area contributed by atoms with E-state index in [-0.39, 0.29) is 12.4 Å². The van der Waals surface area contributed by atoms with Crippen LogP contribution in [-0.2, 0) is 6.61 Å². The van der Waals surface area contributed by atoms with Gasteiger partial charge in [0.1, 0.15) is 5.75 Å². The summed E-state index contributed by atoms with van der Waals surface area (Å²) in [5.74, 6) is 0.0244. The lowest BCUT2D eigenvalue weighted by Gasteiger charge is -2.19. The van der Waals surface area contributed by atoms with E-state index in [0.717, 1.165) is 11.4 Å². The molecule has 5 heteroatoms. The van der Waals surface area contributed by atoms with E-state index in [9.17, 15) is 10.2 Å². The number of aryl methyl sites for hydroxylation is 1. The third-order valence-corrected chi connectivity index (χ3v) is 3.83. The molecule has 3 rings (SSSR count). The summed E-state index contributed by atoms with van der Waals surface area (Å²) < 4.78 is 0. The first-order valence-corrected chi connectivity index (χ1v) is 7.93. The van der Waals surface area contributed by atoms with Crippen LogP contribution in [0.2, 0.25) is 0 Å². The van der Waals surface area contributed by atoms with Crippen molar-refractivity contribution in [3.8, 4) is 5.75 Å². The molecule has 0 fully saturated rings. The maximum absolute atomic E-state index is 10.3. The van der Waals surface area contributed by atoms with E-state index in [0.29, 0.717) is 16.8 Å². The van der Waals surface area contributed by atoms with E-state index in [1.165, 1.54) is 0 Å². The van der Waals surface area contributed by atoms with Crippen molar-refractivity contribution in [2.45, 2.75) is 13.5 Å². The van der Waals surface area contributed by atoms with E-state index in [1.807, 2.05) is 60.7 Å². The number of aromatic nitrogens is 1. The first-order chi connectivity index (χ1) is 12.2. The SMILES string of the molecule is Cc1ncc(CO)c(/C=N/N(c2ccccc2)c2ccccc2)c1O. The summed E-state index contributed by atoms with van der Waals surface area (Å²) in [6.07, 6.45) is 3.10. The molecule has 0 spiro atoms. The first kappa shape index (κ1) is 16.7. The Morgan fingerprint density at radius 3 is 2.08 bits per heavy atom. The molecule has 0 amide bonds. The Morgan fingerprint density at radius 2 is 1.56 bits per heavy atom. The van der Waals surface area contributed by atoms with Gasteiger partial charge in [0.2, 0.25) is 0 Å². The average molecular weight is 333 g/mol. The molecule has 0 radical (unpaired) electrons. The molecule has 0 atom stereocenters. The van der Waals surface area contributed by atoms with Crippen molar-refractivity contribution in [3.63, 3.8) is 0 Å².